The Hall–Kier alpha value is -2.63. The second-order valence-electron chi connectivity index (χ2n) is 6.85. The lowest BCUT2D eigenvalue weighted by Crippen LogP contribution is -2.37. The van der Waals surface area contributed by atoms with E-state index in [0.717, 1.165) is 42.9 Å². The van der Waals surface area contributed by atoms with Crippen LogP contribution in [0.25, 0.3) is 16.7 Å². The highest BCUT2D eigenvalue weighted by molar-refractivity contribution is 5.78. The van der Waals surface area contributed by atoms with Crippen molar-refractivity contribution in [1.82, 2.24) is 14.8 Å². The molecule has 0 amide bonds. The third-order valence-electron chi connectivity index (χ3n) is 5.21. The van der Waals surface area contributed by atoms with Crippen LogP contribution in [0.15, 0.2) is 36.7 Å². The molecule has 25 heavy (non-hydrogen) atoms. The largest absolute Gasteiger partial charge is 0.371 e. The summed E-state index contributed by atoms with van der Waals surface area (Å²) in [7, 11) is 0. The summed E-state index contributed by atoms with van der Waals surface area (Å²) in [5.74, 6) is -0.267. The molecule has 2 aliphatic heterocycles. The van der Waals surface area contributed by atoms with Gasteiger partial charge in [-0.2, -0.15) is 0 Å². The summed E-state index contributed by atoms with van der Waals surface area (Å²) >= 11 is 0. The quantitative estimate of drug-likeness (QED) is 0.734. The standard InChI is InChI=1S/C19H20FN5/c20-17-5-4-15(23-8-3-9-23)11-18(17)25-13-14-10-16(12-21-19(14)22-25)24-6-1-2-7-24/h4-5,10-13H,1-3,6-9H2. The van der Waals surface area contributed by atoms with Gasteiger partial charge in [0, 0.05) is 43.4 Å². The zero-order chi connectivity index (χ0) is 16.8. The summed E-state index contributed by atoms with van der Waals surface area (Å²) in [5.41, 5.74) is 3.30. The molecule has 0 bridgehead atoms. The summed E-state index contributed by atoms with van der Waals surface area (Å²) in [4.78, 5) is 9.07. The van der Waals surface area contributed by atoms with Gasteiger partial charge in [0.15, 0.2) is 5.65 Å². The highest BCUT2D eigenvalue weighted by Gasteiger charge is 2.18. The average molecular weight is 337 g/mol. The molecule has 2 fully saturated rings. The van der Waals surface area contributed by atoms with Crippen molar-refractivity contribution in [3.05, 3.63) is 42.5 Å². The van der Waals surface area contributed by atoms with E-state index in [-0.39, 0.29) is 5.82 Å². The number of nitrogens with zero attached hydrogens (tertiary/aromatic N) is 5. The number of hydrogen-bond donors (Lipinski definition) is 0. The fourth-order valence-corrected chi connectivity index (χ4v) is 3.62. The highest BCUT2D eigenvalue weighted by Crippen LogP contribution is 2.27. The van der Waals surface area contributed by atoms with Gasteiger partial charge in [0.25, 0.3) is 0 Å². The summed E-state index contributed by atoms with van der Waals surface area (Å²) in [6.45, 7) is 4.22. The van der Waals surface area contributed by atoms with Crippen molar-refractivity contribution in [3.63, 3.8) is 0 Å². The van der Waals surface area contributed by atoms with E-state index in [4.69, 9.17) is 0 Å². The first kappa shape index (κ1) is 14.7. The Morgan fingerprint density at radius 2 is 1.64 bits per heavy atom. The predicted octanol–water partition coefficient (Wildman–Crippen LogP) is 3.37. The predicted molar refractivity (Wildman–Crippen MR) is 97.1 cm³/mol. The molecule has 0 atom stereocenters. The minimum absolute atomic E-state index is 0.267. The molecule has 6 heteroatoms. The molecule has 4 heterocycles. The van der Waals surface area contributed by atoms with E-state index in [9.17, 15) is 4.39 Å². The Balaban J connectivity index is 1.54. The monoisotopic (exact) mass is 337 g/mol. The van der Waals surface area contributed by atoms with Crippen LogP contribution >= 0.6 is 0 Å². The summed E-state index contributed by atoms with van der Waals surface area (Å²) < 4.78 is 16.0. The molecule has 5 nitrogen and oxygen atoms in total. The van der Waals surface area contributed by atoms with Crippen LogP contribution < -0.4 is 9.80 Å². The van der Waals surface area contributed by atoms with Gasteiger partial charge in [0.05, 0.1) is 11.9 Å². The Morgan fingerprint density at radius 3 is 2.40 bits per heavy atom. The van der Waals surface area contributed by atoms with Crippen molar-refractivity contribution in [1.29, 1.82) is 0 Å². The molecule has 2 saturated heterocycles. The summed E-state index contributed by atoms with van der Waals surface area (Å²) in [6.07, 6.45) is 7.40. The lowest BCUT2D eigenvalue weighted by molar-refractivity contribution is 0.601. The van der Waals surface area contributed by atoms with Crippen LogP contribution in [0, 0.1) is 5.82 Å². The Bertz CT molecular complexity index is 925. The third kappa shape index (κ3) is 2.52. The maximum absolute atomic E-state index is 14.4. The first-order valence-electron chi connectivity index (χ1n) is 8.93. The molecule has 0 unspecified atom stereocenters. The van der Waals surface area contributed by atoms with Crippen molar-refractivity contribution in [2.24, 2.45) is 0 Å². The average Bonchev–Trinajstić information content (AvgIpc) is 3.23. The van der Waals surface area contributed by atoms with Gasteiger partial charge < -0.3 is 9.80 Å². The molecule has 0 saturated carbocycles. The topological polar surface area (TPSA) is 37.2 Å². The minimum Gasteiger partial charge on any atom is -0.371 e. The molecule has 2 aliphatic rings. The van der Waals surface area contributed by atoms with Crippen LogP contribution in [0.3, 0.4) is 0 Å². The maximum atomic E-state index is 14.4. The molecule has 0 radical (unpaired) electrons. The molecule has 3 aromatic rings. The van der Waals surface area contributed by atoms with E-state index in [2.05, 4.69) is 25.9 Å². The van der Waals surface area contributed by atoms with Crippen LogP contribution in [0.5, 0.6) is 0 Å². The number of anilines is 2. The van der Waals surface area contributed by atoms with Gasteiger partial charge in [-0.05, 0) is 43.5 Å². The van der Waals surface area contributed by atoms with Crippen LogP contribution in [0.1, 0.15) is 19.3 Å². The maximum Gasteiger partial charge on any atom is 0.181 e. The number of aromatic nitrogens is 3. The van der Waals surface area contributed by atoms with Crippen LogP contribution in [0.2, 0.25) is 0 Å². The van der Waals surface area contributed by atoms with Gasteiger partial charge in [-0.25, -0.2) is 14.1 Å². The number of benzene rings is 1. The number of pyridine rings is 1. The van der Waals surface area contributed by atoms with Crippen LogP contribution in [0.4, 0.5) is 15.8 Å². The van der Waals surface area contributed by atoms with Crippen molar-refractivity contribution >= 4 is 22.4 Å². The molecule has 2 aromatic heterocycles. The molecule has 128 valence electrons. The van der Waals surface area contributed by atoms with Gasteiger partial charge >= 0.3 is 0 Å². The molecule has 0 aliphatic carbocycles. The SMILES string of the molecule is Fc1ccc(N2CCC2)cc1-n1cc2cc(N3CCCC3)cnc2n1. The molecule has 0 spiro atoms. The van der Waals surface area contributed by atoms with Gasteiger partial charge in [-0.15, -0.1) is 5.10 Å². The molecule has 5 rings (SSSR count). The Kier molecular flexibility index (Phi) is 3.36. The van der Waals surface area contributed by atoms with E-state index in [1.54, 1.807) is 4.68 Å². The van der Waals surface area contributed by atoms with Crippen molar-refractivity contribution in [2.45, 2.75) is 19.3 Å². The minimum atomic E-state index is -0.267. The number of fused-ring (bicyclic) bond motifs is 1. The normalized spacial score (nSPS) is 17.3. The van der Waals surface area contributed by atoms with Gasteiger partial charge in [0.1, 0.15) is 11.5 Å². The molecule has 1 aromatic carbocycles. The lowest BCUT2D eigenvalue weighted by atomic mass is 10.1. The lowest BCUT2D eigenvalue weighted by Gasteiger charge is -2.33. The molecular formula is C19H20FN5. The van der Waals surface area contributed by atoms with E-state index in [1.807, 2.05) is 24.5 Å². The number of rotatable bonds is 3. The van der Waals surface area contributed by atoms with E-state index < -0.39 is 0 Å². The van der Waals surface area contributed by atoms with E-state index in [1.165, 1.54) is 25.3 Å². The number of hydrogen-bond acceptors (Lipinski definition) is 4. The second kappa shape index (κ2) is 5.72. The Morgan fingerprint density at radius 1 is 0.880 bits per heavy atom. The second-order valence-corrected chi connectivity index (χ2v) is 6.85. The number of halogens is 1. The van der Waals surface area contributed by atoms with Crippen LogP contribution in [-0.4, -0.2) is 40.9 Å². The first-order valence-corrected chi connectivity index (χ1v) is 8.93. The van der Waals surface area contributed by atoms with Crippen molar-refractivity contribution in [2.75, 3.05) is 36.0 Å². The van der Waals surface area contributed by atoms with Crippen molar-refractivity contribution in [3.8, 4) is 5.69 Å². The fourth-order valence-electron chi connectivity index (χ4n) is 3.62. The zero-order valence-corrected chi connectivity index (χ0v) is 14.0. The van der Waals surface area contributed by atoms with Gasteiger partial charge in [0.2, 0.25) is 0 Å². The molecular weight excluding hydrogens is 317 g/mol. The Labute approximate surface area is 145 Å². The highest BCUT2D eigenvalue weighted by atomic mass is 19.1. The zero-order valence-electron chi connectivity index (χ0n) is 14.0. The van der Waals surface area contributed by atoms with Gasteiger partial charge in [-0.3, -0.25) is 0 Å². The smallest absolute Gasteiger partial charge is 0.181 e. The third-order valence-corrected chi connectivity index (χ3v) is 5.21. The fraction of sp³-hybridized carbons (Fsp3) is 0.368. The molecule has 0 N–H and O–H groups in total. The van der Waals surface area contributed by atoms with Crippen LogP contribution in [-0.2, 0) is 0 Å². The summed E-state index contributed by atoms with van der Waals surface area (Å²) in [5, 5.41) is 5.43. The van der Waals surface area contributed by atoms with E-state index >= 15 is 0 Å². The van der Waals surface area contributed by atoms with Gasteiger partial charge in [-0.1, -0.05) is 0 Å². The first-order chi connectivity index (χ1) is 12.3. The van der Waals surface area contributed by atoms with E-state index in [0.29, 0.717) is 11.3 Å². The summed E-state index contributed by atoms with van der Waals surface area (Å²) in [6, 6.07) is 7.35. The van der Waals surface area contributed by atoms with Crippen molar-refractivity contribution < 1.29 is 4.39 Å².